The van der Waals surface area contributed by atoms with Gasteiger partial charge in [0.2, 0.25) is 0 Å². The number of carboxylic acids is 1. The van der Waals surface area contributed by atoms with Crippen molar-refractivity contribution in [1.82, 2.24) is 0 Å². The number of hydrogen-bond acceptors (Lipinski definition) is 3. The first kappa shape index (κ1) is 15.5. The average Bonchev–Trinajstić information content (AvgIpc) is 2.51. The largest absolute Gasteiger partial charge is 0.489 e. The Balaban J connectivity index is 2.14. The van der Waals surface area contributed by atoms with Crippen molar-refractivity contribution in [1.29, 1.82) is 0 Å². The summed E-state index contributed by atoms with van der Waals surface area (Å²) in [5, 5.41) is 9.01. The average molecular weight is 296 g/mol. The topological polar surface area (TPSA) is 63.6 Å². The first-order chi connectivity index (χ1) is 10.6. The summed E-state index contributed by atoms with van der Waals surface area (Å²) in [7, 11) is 0. The van der Waals surface area contributed by atoms with Crippen molar-refractivity contribution < 1.29 is 19.4 Å². The van der Waals surface area contributed by atoms with Gasteiger partial charge in [-0.25, -0.2) is 4.79 Å². The normalized spacial score (nSPS) is 11.0. The Hall–Kier alpha value is -2.88. The minimum Gasteiger partial charge on any atom is -0.489 e. The first-order valence-electron chi connectivity index (χ1n) is 6.79. The van der Waals surface area contributed by atoms with Gasteiger partial charge in [0, 0.05) is 0 Å². The molecule has 22 heavy (non-hydrogen) atoms. The minimum absolute atomic E-state index is 0.250. The Kier molecular flexibility index (Phi) is 5.09. The standard InChI is InChI=1S/C18H16O4/c1-13(19)17(18(20)21)11-15-8-5-9-16(10-15)22-12-14-6-3-2-4-7-14/h2-11H,12H2,1H3,(H,20,21). The van der Waals surface area contributed by atoms with Crippen LogP contribution in [0.3, 0.4) is 0 Å². The van der Waals surface area contributed by atoms with Gasteiger partial charge in [-0.05, 0) is 36.3 Å². The number of carbonyl (C=O) groups excluding carboxylic acids is 1. The van der Waals surface area contributed by atoms with E-state index in [4.69, 9.17) is 9.84 Å². The molecular formula is C18H16O4. The highest BCUT2D eigenvalue weighted by Crippen LogP contribution is 2.17. The molecule has 0 bridgehead atoms. The number of hydrogen-bond donors (Lipinski definition) is 1. The molecule has 0 spiro atoms. The molecule has 112 valence electrons. The van der Waals surface area contributed by atoms with Crippen LogP contribution < -0.4 is 4.74 Å². The summed E-state index contributed by atoms with van der Waals surface area (Å²) in [6.45, 7) is 1.65. The fraction of sp³-hybridized carbons (Fsp3) is 0.111. The van der Waals surface area contributed by atoms with Crippen LogP contribution in [-0.4, -0.2) is 16.9 Å². The molecule has 0 radical (unpaired) electrons. The van der Waals surface area contributed by atoms with Gasteiger partial charge in [0.25, 0.3) is 0 Å². The fourth-order valence-corrected chi connectivity index (χ4v) is 1.92. The molecule has 0 atom stereocenters. The molecule has 0 saturated carbocycles. The van der Waals surface area contributed by atoms with E-state index in [1.54, 1.807) is 24.3 Å². The lowest BCUT2D eigenvalue weighted by molar-refractivity contribution is -0.134. The van der Waals surface area contributed by atoms with E-state index < -0.39 is 11.8 Å². The molecule has 1 N–H and O–H groups in total. The van der Waals surface area contributed by atoms with Crippen LogP contribution in [0.4, 0.5) is 0 Å². The molecule has 0 saturated heterocycles. The summed E-state index contributed by atoms with van der Waals surface area (Å²) in [6, 6.07) is 16.7. The van der Waals surface area contributed by atoms with Crippen LogP contribution in [-0.2, 0) is 16.2 Å². The van der Waals surface area contributed by atoms with Gasteiger partial charge in [-0.1, -0.05) is 42.5 Å². The summed E-state index contributed by atoms with van der Waals surface area (Å²) < 4.78 is 5.67. The van der Waals surface area contributed by atoms with Gasteiger partial charge < -0.3 is 9.84 Å². The summed E-state index contributed by atoms with van der Waals surface area (Å²) in [5.74, 6) is -1.10. The third kappa shape index (κ3) is 4.31. The summed E-state index contributed by atoms with van der Waals surface area (Å²) in [4.78, 5) is 22.3. The number of aliphatic carboxylic acids is 1. The molecule has 2 rings (SSSR count). The second-order valence-electron chi connectivity index (χ2n) is 4.77. The van der Waals surface area contributed by atoms with Gasteiger partial charge in [-0.3, -0.25) is 4.79 Å². The van der Waals surface area contributed by atoms with E-state index in [-0.39, 0.29) is 5.57 Å². The fourth-order valence-electron chi connectivity index (χ4n) is 1.92. The number of rotatable bonds is 6. The molecule has 0 fully saturated rings. The van der Waals surface area contributed by atoms with Crippen molar-refractivity contribution in [3.8, 4) is 5.75 Å². The maximum Gasteiger partial charge on any atom is 0.339 e. The lowest BCUT2D eigenvalue weighted by Crippen LogP contribution is -2.08. The SMILES string of the molecule is CC(=O)C(=Cc1cccc(OCc2ccccc2)c1)C(=O)O. The summed E-state index contributed by atoms with van der Waals surface area (Å²) in [5.41, 5.74) is 1.40. The third-order valence-corrected chi connectivity index (χ3v) is 3.03. The van der Waals surface area contributed by atoms with E-state index >= 15 is 0 Å². The lowest BCUT2D eigenvalue weighted by atomic mass is 10.1. The summed E-state index contributed by atoms with van der Waals surface area (Å²) in [6.07, 6.45) is 1.35. The first-order valence-corrected chi connectivity index (χ1v) is 6.79. The van der Waals surface area contributed by atoms with Gasteiger partial charge >= 0.3 is 5.97 Å². The van der Waals surface area contributed by atoms with Crippen molar-refractivity contribution in [2.24, 2.45) is 0 Å². The lowest BCUT2D eigenvalue weighted by Gasteiger charge is -2.07. The van der Waals surface area contributed by atoms with Crippen LogP contribution in [0.15, 0.2) is 60.2 Å². The highest BCUT2D eigenvalue weighted by Gasteiger charge is 2.12. The van der Waals surface area contributed by atoms with E-state index in [1.165, 1.54) is 13.0 Å². The Labute approximate surface area is 128 Å². The number of carboxylic acid groups (broad SMARTS) is 1. The van der Waals surface area contributed by atoms with Crippen LogP contribution in [0.2, 0.25) is 0 Å². The molecule has 4 heteroatoms. The van der Waals surface area contributed by atoms with Crippen LogP contribution >= 0.6 is 0 Å². The Morgan fingerprint density at radius 2 is 1.82 bits per heavy atom. The number of ether oxygens (including phenoxy) is 1. The second-order valence-corrected chi connectivity index (χ2v) is 4.77. The van der Waals surface area contributed by atoms with E-state index in [9.17, 15) is 9.59 Å². The molecule has 2 aromatic rings. The smallest absolute Gasteiger partial charge is 0.339 e. The van der Waals surface area contributed by atoms with Gasteiger partial charge in [-0.15, -0.1) is 0 Å². The van der Waals surface area contributed by atoms with E-state index in [2.05, 4.69) is 0 Å². The monoisotopic (exact) mass is 296 g/mol. The predicted octanol–water partition coefficient (Wildman–Crippen LogP) is 3.32. The molecule has 2 aromatic carbocycles. The Morgan fingerprint density at radius 3 is 2.45 bits per heavy atom. The highest BCUT2D eigenvalue weighted by molar-refractivity contribution is 6.19. The van der Waals surface area contributed by atoms with Crippen LogP contribution in [0.5, 0.6) is 5.75 Å². The van der Waals surface area contributed by atoms with E-state index in [0.29, 0.717) is 17.9 Å². The van der Waals surface area contributed by atoms with Crippen molar-refractivity contribution >= 4 is 17.8 Å². The van der Waals surface area contributed by atoms with Gasteiger partial charge in [0.05, 0.1) is 0 Å². The second kappa shape index (κ2) is 7.22. The quantitative estimate of drug-likeness (QED) is 0.504. The molecule has 4 nitrogen and oxygen atoms in total. The highest BCUT2D eigenvalue weighted by atomic mass is 16.5. The Bertz CT molecular complexity index is 686. The van der Waals surface area contributed by atoms with Gasteiger partial charge in [-0.2, -0.15) is 0 Å². The van der Waals surface area contributed by atoms with Crippen molar-refractivity contribution in [3.63, 3.8) is 0 Å². The molecular weight excluding hydrogens is 280 g/mol. The zero-order valence-electron chi connectivity index (χ0n) is 12.2. The van der Waals surface area contributed by atoms with Crippen LogP contribution in [0.25, 0.3) is 6.08 Å². The maximum atomic E-state index is 11.3. The molecule has 0 unspecified atom stereocenters. The predicted molar refractivity (Wildman–Crippen MR) is 83.5 cm³/mol. The number of Topliss-reactive ketones (excluding diaryl/α,β-unsaturated/α-hetero) is 1. The molecule has 0 heterocycles. The molecule has 0 aliphatic carbocycles. The van der Waals surface area contributed by atoms with Crippen molar-refractivity contribution in [3.05, 3.63) is 71.3 Å². The number of benzene rings is 2. The van der Waals surface area contributed by atoms with Crippen molar-refractivity contribution in [2.75, 3.05) is 0 Å². The zero-order valence-corrected chi connectivity index (χ0v) is 12.2. The molecule has 0 aromatic heterocycles. The molecule has 0 amide bonds. The van der Waals surface area contributed by atoms with Gasteiger partial charge in [0.15, 0.2) is 5.78 Å². The minimum atomic E-state index is -1.23. The molecule has 0 aliphatic rings. The zero-order chi connectivity index (χ0) is 15.9. The van der Waals surface area contributed by atoms with Crippen LogP contribution in [0.1, 0.15) is 18.1 Å². The number of ketones is 1. The van der Waals surface area contributed by atoms with Crippen LogP contribution in [0, 0.1) is 0 Å². The molecule has 0 aliphatic heterocycles. The third-order valence-electron chi connectivity index (χ3n) is 3.03. The Morgan fingerprint density at radius 1 is 1.09 bits per heavy atom. The maximum absolute atomic E-state index is 11.3. The van der Waals surface area contributed by atoms with E-state index in [0.717, 1.165) is 5.56 Å². The van der Waals surface area contributed by atoms with Crippen molar-refractivity contribution in [2.45, 2.75) is 13.5 Å². The number of carbonyl (C=O) groups is 2. The summed E-state index contributed by atoms with van der Waals surface area (Å²) >= 11 is 0. The van der Waals surface area contributed by atoms with E-state index in [1.807, 2.05) is 30.3 Å². The van der Waals surface area contributed by atoms with Gasteiger partial charge in [0.1, 0.15) is 17.9 Å².